The Labute approximate surface area is 217 Å². The minimum Gasteiger partial charge on any atom is -0.493 e. The minimum absolute atomic E-state index is 0.0446. The highest BCUT2D eigenvalue weighted by Crippen LogP contribution is 2.28. The number of nitrogens with zero attached hydrogens (tertiary/aromatic N) is 2. The van der Waals surface area contributed by atoms with E-state index >= 15 is 0 Å². The van der Waals surface area contributed by atoms with Crippen LogP contribution in [0.4, 0.5) is 4.79 Å². The number of piperidine rings is 1. The van der Waals surface area contributed by atoms with Gasteiger partial charge in [0.15, 0.2) is 0 Å². The molecule has 1 aromatic rings. The van der Waals surface area contributed by atoms with Crippen molar-refractivity contribution < 1.29 is 28.5 Å². The molecule has 0 unspecified atom stereocenters. The van der Waals surface area contributed by atoms with Crippen molar-refractivity contribution in [3.05, 3.63) is 23.8 Å². The smallest absolute Gasteiger partial charge is 0.410 e. The van der Waals surface area contributed by atoms with Crippen LogP contribution in [0.15, 0.2) is 18.2 Å². The van der Waals surface area contributed by atoms with Gasteiger partial charge in [-0.1, -0.05) is 13.3 Å². The van der Waals surface area contributed by atoms with Crippen molar-refractivity contribution in [1.29, 1.82) is 0 Å². The van der Waals surface area contributed by atoms with Crippen molar-refractivity contribution in [1.82, 2.24) is 9.80 Å². The second-order valence-corrected chi connectivity index (χ2v) is 10.6. The zero-order chi connectivity index (χ0) is 26.7. The molecule has 1 fully saturated rings. The molecule has 0 radical (unpaired) electrons. The van der Waals surface area contributed by atoms with E-state index in [1.54, 1.807) is 24.1 Å². The molecule has 204 valence electrons. The average Bonchev–Trinajstić information content (AvgIpc) is 2.81. The lowest BCUT2D eigenvalue weighted by molar-refractivity contribution is 0.00752. The maximum atomic E-state index is 13.9. The van der Waals surface area contributed by atoms with Crippen LogP contribution in [0.2, 0.25) is 0 Å². The van der Waals surface area contributed by atoms with Crippen LogP contribution in [-0.2, 0) is 9.47 Å². The molecule has 0 saturated carbocycles. The Morgan fingerprint density at radius 3 is 2.25 bits per heavy atom. The van der Waals surface area contributed by atoms with Gasteiger partial charge in [0.1, 0.15) is 17.1 Å². The van der Waals surface area contributed by atoms with Gasteiger partial charge in [-0.25, -0.2) is 4.79 Å². The Hall–Kier alpha value is -2.48. The molecule has 1 atom stereocenters. The number of hydrogen-bond acceptors (Lipinski definition) is 6. The molecule has 0 aliphatic carbocycles. The Bertz CT molecular complexity index is 836. The number of benzene rings is 1. The van der Waals surface area contributed by atoms with Crippen molar-refractivity contribution >= 4 is 12.0 Å². The number of carbonyl (C=O) groups excluding carboxylic acids is 2. The summed E-state index contributed by atoms with van der Waals surface area (Å²) in [4.78, 5) is 30.2. The largest absolute Gasteiger partial charge is 0.493 e. The number of rotatable bonds is 12. The second kappa shape index (κ2) is 14.3. The quantitative estimate of drug-likeness (QED) is 0.347. The molecular formula is C28H46N2O6. The number of amides is 2. The van der Waals surface area contributed by atoms with Crippen LogP contribution in [0.3, 0.4) is 0 Å². The van der Waals surface area contributed by atoms with Crippen LogP contribution in [0.1, 0.15) is 84.0 Å². The highest BCUT2D eigenvalue weighted by molar-refractivity contribution is 5.95. The summed E-state index contributed by atoms with van der Waals surface area (Å²) in [5.74, 6) is 1.13. The fraction of sp³-hybridized carbons (Fsp3) is 0.714. The van der Waals surface area contributed by atoms with Crippen molar-refractivity contribution in [3.8, 4) is 11.5 Å². The number of likely N-dealkylation sites (tertiary alicyclic amines) is 1. The van der Waals surface area contributed by atoms with Crippen molar-refractivity contribution in [2.75, 3.05) is 40.0 Å². The summed E-state index contributed by atoms with van der Waals surface area (Å²) in [6.07, 6.45) is 4.02. The van der Waals surface area contributed by atoms with Crippen molar-refractivity contribution in [2.24, 2.45) is 0 Å². The Balaban J connectivity index is 2.25. The molecule has 2 amide bonds. The van der Waals surface area contributed by atoms with Crippen LogP contribution >= 0.6 is 0 Å². The van der Waals surface area contributed by atoms with Gasteiger partial charge in [-0.05, 0) is 66.0 Å². The van der Waals surface area contributed by atoms with Crippen LogP contribution in [0, 0.1) is 0 Å². The maximum Gasteiger partial charge on any atom is 0.410 e. The van der Waals surface area contributed by atoms with E-state index in [1.165, 1.54) is 0 Å². The third kappa shape index (κ3) is 9.52. The monoisotopic (exact) mass is 506 g/mol. The number of methoxy groups -OCH3 is 1. The van der Waals surface area contributed by atoms with Gasteiger partial charge in [0, 0.05) is 50.9 Å². The van der Waals surface area contributed by atoms with Crippen LogP contribution in [0.25, 0.3) is 0 Å². The van der Waals surface area contributed by atoms with Gasteiger partial charge in [-0.15, -0.1) is 0 Å². The number of carbonyl (C=O) groups is 2. The summed E-state index contributed by atoms with van der Waals surface area (Å²) in [6, 6.07) is 5.27. The third-order valence-electron chi connectivity index (χ3n) is 5.89. The summed E-state index contributed by atoms with van der Waals surface area (Å²) in [7, 11) is 1.66. The Kier molecular flexibility index (Phi) is 11.8. The third-order valence-corrected chi connectivity index (χ3v) is 5.89. The molecule has 8 nitrogen and oxygen atoms in total. The Morgan fingerprint density at radius 2 is 1.69 bits per heavy atom. The normalized spacial score (nSPS) is 16.1. The molecule has 0 N–H and O–H groups in total. The molecule has 2 rings (SSSR count). The molecule has 1 aliphatic heterocycles. The fourth-order valence-corrected chi connectivity index (χ4v) is 4.23. The van der Waals surface area contributed by atoms with Crippen molar-refractivity contribution in [2.45, 2.75) is 91.3 Å². The first-order chi connectivity index (χ1) is 17.1. The first-order valence-electron chi connectivity index (χ1n) is 13.3. The van der Waals surface area contributed by atoms with E-state index in [9.17, 15) is 9.59 Å². The molecule has 1 saturated heterocycles. The van der Waals surface area contributed by atoms with E-state index in [1.807, 2.05) is 45.6 Å². The molecular weight excluding hydrogens is 460 g/mol. The SMILES string of the molecule is CCCCOc1cc(OCCCOC)cc(C(=O)N(C(C)C)[C@@H]2CCCN(C(=O)OC(C)(C)C)C2)c1. The van der Waals surface area contributed by atoms with Gasteiger partial charge in [0.2, 0.25) is 0 Å². The van der Waals surface area contributed by atoms with Gasteiger partial charge in [0.05, 0.1) is 19.3 Å². The molecule has 0 aromatic heterocycles. The van der Waals surface area contributed by atoms with Crippen LogP contribution < -0.4 is 9.47 Å². The van der Waals surface area contributed by atoms with Gasteiger partial charge in [-0.2, -0.15) is 0 Å². The van der Waals surface area contributed by atoms with E-state index < -0.39 is 5.60 Å². The lowest BCUT2D eigenvalue weighted by Gasteiger charge is -2.41. The van der Waals surface area contributed by atoms with Crippen LogP contribution in [-0.4, -0.2) is 79.5 Å². The second-order valence-electron chi connectivity index (χ2n) is 10.6. The van der Waals surface area contributed by atoms with E-state index in [0.717, 1.165) is 32.1 Å². The minimum atomic E-state index is -0.560. The summed E-state index contributed by atoms with van der Waals surface area (Å²) >= 11 is 0. The summed E-state index contributed by atoms with van der Waals surface area (Å²) in [5.41, 5.74) is -0.0380. The highest BCUT2D eigenvalue weighted by atomic mass is 16.6. The highest BCUT2D eigenvalue weighted by Gasteiger charge is 2.34. The first kappa shape index (κ1) is 29.7. The molecule has 36 heavy (non-hydrogen) atoms. The van der Waals surface area contributed by atoms with E-state index in [-0.39, 0.29) is 24.1 Å². The molecule has 8 heteroatoms. The predicted molar refractivity (Wildman–Crippen MR) is 141 cm³/mol. The molecule has 1 aromatic carbocycles. The standard InChI is InChI=1S/C28H46N2O6/c1-8-9-15-34-24-17-22(18-25(19-24)35-16-11-14-33-7)26(31)30(21(2)3)23-12-10-13-29(20-23)27(32)36-28(4,5)6/h17-19,21,23H,8-16,20H2,1-7H3/t23-/m1/s1. The molecule has 1 aliphatic rings. The molecule has 1 heterocycles. The van der Waals surface area contributed by atoms with Gasteiger partial charge < -0.3 is 28.7 Å². The van der Waals surface area contributed by atoms with Crippen LogP contribution in [0.5, 0.6) is 11.5 Å². The Morgan fingerprint density at radius 1 is 1.06 bits per heavy atom. The number of hydrogen-bond donors (Lipinski definition) is 0. The average molecular weight is 507 g/mol. The van der Waals surface area contributed by atoms with Gasteiger partial charge in [0.25, 0.3) is 5.91 Å². The summed E-state index contributed by atoms with van der Waals surface area (Å²) in [6.45, 7) is 14.5. The zero-order valence-electron chi connectivity index (χ0n) is 23.3. The van der Waals surface area contributed by atoms with Gasteiger partial charge >= 0.3 is 6.09 Å². The maximum absolute atomic E-state index is 13.9. The summed E-state index contributed by atoms with van der Waals surface area (Å²) < 4.78 is 22.6. The number of ether oxygens (including phenoxy) is 4. The van der Waals surface area contributed by atoms with E-state index in [2.05, 4.69) is 6.92 Å². The topological polar surface area (TPSA) is 77.5 Å². The van der Waals surface area contributed by atoms with E-state index in [0.29, 0.717) is 50.0 Å². The van der Waals surface area contributed by atoms with E-state index in [4.69, 9.17) is 18.9 Å². The predicted octanol–water partition coefficient (Wildman–Crippen LogP) is 5.53. The zero-order valence-corrected chi connectivity index (χ0v) is 23.3. The summed E-state index contributed by atoms with van der Waals surface area (Å²) in [5, 5.41) is 0. The van der Waals surface area contributed by atoms with Gasteiger partial charge in [-0.3, -0.25) is 4.79 Å². The lowest BCUT2D eigenvalue weighted by Crippen LogP contribution is -2.54. The lowest BCUT2D eigenvalue weighted by atomic mass is 10.0. The fourth-order valence-electron chi connectivity index (χ4n) is 4.23. The molecule has 0 bridgehead atoms. The first-order valence-corrected chi connectivity index (χ1v) is 13.3. The number of unbranched alkanes of at least 4 members (excludes halogenated alkanes) is 1. The van der Waals surface area contributed by atoms with Crippen molar-refractivity contribution in [3.63, 3.8) is 0 Å². The molecule has 0 spiro atoms.